The number of morpholine rings is 1. The summed E-state index contributed by atoms with van der Waals surface area (Å²) >= 11 is 0. The first-order valence-electron chi connectivity index (χ1n) is 9.95. The molecule has 0 unspecified atom stereocenters. The second-order valence-corrected chi connectivity index (χ2v) is 7.66. The molecule has 2 aliphatic carbocycles. The third-order valence-corrected chi connectivity index (χ3v) is 5.90. The van der Waals surface area contributed by atoms with Crippen molar-refractivity contribution in [3.8, 4) is 0 Å². The van der Waals surface area contributed by atoms with Gasteiger partial charge in [-0.2, -0.15) is 5.10 Å². The van der Waals surface area contributed by atoms with Crippen molar-refractivity contribution in [1.82, 2.24) is 20.0 Å². The Morgan fingerprint density at radius 2 is 1.85 bits per heavy atom. The summed E-state index contributed by atoms with van der Waals surface area (Å²) in [4.78, 5) is 26.6. The molecule has 0 radical (unpaired) electrons. The lowest BCUT2D eigenvalue weighted by Gasteiger charge is -2.33. The lowest BCUT2D eigenvalue weighted by atomic mass is 9.91. The van der Waals surface area contributed by atoms with Gasteiger partial charge in [0.25, 0.3) is 5.56 Å². The zero-order valence-corrected chi connectivity index (χ0v) is 15.3. The van der Waals surface area contributed by atoms with Gasteiger partial charge in [-0.1, -0.05) is 0 Å². The molecule has 7 nitrogen and oxygen atoms in total. The maximum Gasteiger partial charge on any atom is 0.317 e. The number of urea groups is 1. The normalized spacial score (nSPS) is 26.2. The van der Waals surface area contributed by atoms with Crippen LogP contribution in [0.2, 0.25) is 0 Å². The highest BCUT2D eigenvalue weighted by molar-refractivity contribution is 5.74. The Bertz CT molecular complexity index is 703. The number of carbonyl (C=O) groups excluding carboxylic acids is 1. The average Bonchev–Trinajstić information content (AvgIpc) is 2.69. The molecule has 26 heavy (non-hydrogen) atoms. The van der Waals surface area contributed by atoms with Crippen LogP contribution in [0.4, 0.5) is 4.79 Å². The molecule has 1 aromatic rings. The molecule has 4 rings (SSSR count). The van der Waals surface area contributed by atoms with Gasteiger partial charge in [0.05, 0.1) is 24.9 Å². The molecule has 3 aliphatic rings. The molecule has 0 aromatic carbocycles. The summed E-state index contributed by atoms with van der Waals surface area (Å²) in [5, 5.41) is 7.84. The lowest BCUT2D eigenvalue weighted by molar-refractivity contribution is 0.0519. The molecule has 2 fully saturated rings. The Labute approximate surface area is 153 Å². The van der Waals surface area contributed by atoms with Gasteiger partial charge in [0.1, 0.15) is 0 Å². The first kappa shape index (κ1) is 17.5. The van der Waals surface area contributed by atoms with Crippen molar-refractivity contribution in [3.63, 3.8) is 0 Å². The van der Waals surface area contributed by atoms with Crippen molar-refractivity contribution < 1.29 is 9.53 Å². The van der Waals surface area contributed by atoms with Crippen molar-refractivity contribution in [2.24, 2.45) is 0 Å². The second-order valence-electron chi connectivity index (χ2n) is 7.66. The minimum atomic E-state index is 0.0147. The summed E-state index contributed by atoms with van der Waals surface area (Å²) in [5.41, 5.74) is 2.29. The van der Waals surface area contributed by atoms with Gasteiger partial charge in [0, 0.05) is 25.2 Å². The topological polar surface area (TPSA) is 76.5 Å². The molecule has 0 atom stereocenters. The van der Waals surface area contributed by atoms with Gasteiger partial charge in [0.2, 0.25) is 0 Å². The number of aryl methyl sites for hydroxylation is 2. The number of carbonyl (C=O) groups is 1. The monoisotopic (exact) mass is 360 g/mol. The highest BCUT2D eigenvalue weighted by Gasteiger charge is 2.27. The van der Waals surface area contributed by atoms with Gasteiger partial charge >= 0.3 is 6.03 Å². The van der Waals surface area contributed by atoms with Crippen LogP contribution in [-0.2, 0) is 17.6 Å². The number of fused-ring (bicyclic) bond motifs is 1. The van der Waals surface area contributed by atoms with E-state index in [-0.39, 0.29) is 23.7 Å². The van der Waals surface area contributed by atoms with Crippen LogP contribution in [0, 0.1) is 0 Å². The maximum absolute atomic E-state index is 12.5. The van der Waals surface area contributed by atoms with Gasteiger partial charge in [0.15, 0.2) is 0 Å². The van der Waals surface area contributed by atoms with Crippen molar-refractivity contribution in [2.75, 3.05) is 26.3 Å². The van der Waals surface area contributed by atoms with Crippen LogP contribution in [0.5, 0.6) is 0 Å². The molecular formula is C19H28N4O3. The Balaban J connectivity index is 1.35. The van der Waals surface area contributed by atoms with Crippen LogP contribution in [-0.4, -0.2) is 53.1 Å². The number of hydrogen-bond acceptors (Lipinski definition) is 4. The Kier molecular flexibility index (Phi) is 5.24. The number of nitrogens with one attached hydrogen (secondary N) is 1. The number of amides is 2. The van der Waals surface area contributed by atoms with Crippen molar-refractivity contribution in [2.45, 2.75) is 63.5 Å². The van der Waals surface area contributed by atoms with Gasteiger partial charge in [-0.3, -0.25) is 4.79 Å². The largest absolute Gasteiger partial charge is 0.378 e. The van der Waals surface area contributed by atoms with E-state index >= 15 is 0 Å². The number of hydrogen-bond donors (Lipinski definition) is 1. The van der Waals surface area contributed by atoms with E-state index < -0.39 is 0 Å². The Hall–Kier alpha value is -1.89. The Morgan fingerprint density at radius 1 is 1.12 bits per heavy atom. The summed E-state index contributed by atoms with van der Waals surface area (Å²) in [7, 11) is 0. The molecule has 0 bridgehead atoms. The predicted octanol–water partition coefficient (Wildman–Crippen LogP) is 1.65. The minimum absolute atomic E-state index is 0.0147. The zero-order chi connectivity index (χ0) is 17.9. The minimum Gasteiger partial charge on any atom is -0.378 e. The highest BCUT2D eigenvalue weighted by Crippen LogP contribution is 2.28. The van der Waals surface area contributed by atoms with Crippen molar-refractivity contribution in [3.05, 3.63) is 27.7 Å². The molecule has 0 spiro atoms. The third kappa shape index (κ3) is 3.77. The summed E-state index contributed by atoms with van der Waals surface area (Å²) in [6, 6.07) is 2.16. The summed E-state index contributed by atoms with van der Waals surface area (Å²) in [6.07, 6.45) is 7.86. The van der Waals surface area contributed by atoms with E-state index in [0.717, 1.165) is 56.2 Å². The van der Waals surface area contributed by atoms with E-state index in [1.807, 2.05) is 4.90 Å². The van der Waals surface area contributed by atoms with Crippen LogP contribution < -0.4 is 10.9 Å². The molecule has 142 valence electrons. The van der Waals surface area contributed by atoms with Crippen molar-refractivity contribution >= 4 is 6.03 Å². The molecule has 2 amide bonds. The molecule has 1 saturated heterocycles. The molecule has 2 heterocycles. The van der Waals surface area contributed by atoms with Gasteiger partial charge in [-0.15, -0.1) is 0 Å². The van der Waals surface area contributed by atoms with E-state index in [0.29, 0.717) is 26.3 Å². The van der Waals surface area contributed by atoms with Gasteiger partial charge in [-0.05, 0) is 56.9 Å². The first-order valence-corrected chi connectivity index (χ1v) is 9.95. The molecule has 1 saturated carbocycles. The molecule has 7 heteroatoms. The first-order chi connectivity index (χ1) is 12.7. The molecular weight excluding hydrogens is 332 g/mol. The zero-order valence-electron chi connectivity index (χ0n) is 15.3. The van der Waals surface area contributed by atoms with Crippen LogP contribution in [0.3, 0.4) is 0 Å². The third-order valence-electron chi connectivity index (χ3n) is 5.90. The standard InChI is InChI=1S/C19H28N4O3/c24-18-13-14-3-1-2-4-17(14)21-23(18)16-7-5-15(6-8-16)20-19(25)22-9-11-26-12-10-22/h13,15-16H,1-12H2,(H,20,25). The van der Waals surface area contributed by atoms with E-state index in [9.17, 15) is 9.59 Å². The fraction of sp³-hybridized carbons (Fsp3) is 0.737. The van der Waals surface area contributed by atoms with Crippen LogP contribution in [0.15, 0.2) is 10.9 Å². The quantitative estimate of drug-likeness (QED) is 0.870. The van der Waals surface area contributed by atoms with E-state index in [4.69, 9.17) is 9.84 Å². The summed E-state index contributed by atoms with van der Waals surface area (Å²) < 4.78 is 7.01. The maximum atomic E-state index is 12.5. The number of aromatic nitrogens is 2. The van der Waals surface area contributed by atoms with Gasteiger partial charge < -0.3 is 15.0 Å². The fourth-order valence-corrected chi connectivity index (χ4v) is 4.34. The molecule has 1 N–H and O–H groups in total. The summed E-state index contributed by atoms with van der Waals surface area (Å²) in [6.45, 7) is 2.56. The van der Waals surface area contributed by atoms with E-state index in [1.165, 1.54) is 6.42 Å². The van der Waals surface area contributed by atoms with Crippen LogP contribution in [0.25, 0.3) is 0 Å². The Morgan fingerprint density at radius 3 is 2.62 bits per heavy atom. The average molecular weight is 360 g/mol. The number of nitrogens with zero attached hydrogens (tertiary/aromatic N) is 3. The second kappa shape index (κ2) is 7.78. The lowest BCUT2D eigenvalue weighted by Crippen LogP contribution is -2.50. The SMILES string of the molecule is O=C(NC1CCC(n2nc3c(cc2=O)CCCC3)CC1)N1CCOCC1. The van der Waals surface area contributed by atoms with E-state index in [1.54, 1.807) is 10.7 Å². The van der Waals surface area contributed by atoms with E-state index in [2.05, 4.69) is 5.32 Å². The molecule has 1 aromatic heterocycles. The number of ether oxygens (including phenoxy) is 1. The highest BCUT2D eigenvalue weighted by atomic mass is 16.5. The van der Waals surface area contributed by atoms with Crippen molar-refractivity contribution in [1.29, 1.82) is 0 Å². The van der Waals surface area contributed by atoms with Crippen LogP contribution in [0.1, 0.15) is 55.8 Å². The van der Waals surface area contributed by atoms with Gasteiger partial charge in [-0.25, -0.2) is 9.48 Å². The summed E-state index contributed by atoms with van der Waals surface area (Å²) in [5.74, 6) is 0. The fourth-order valence-electron chi connectivity index (χ4n) is 4.34. The molecule has 1 aliphatic heterocycles. The number of rotatable bonds is 2. The smallest absolute Gasteiger partial charge is 0.317 e. The predicted molar refractivity (Wildman–Crippen MR) is 97.4 cm³/mol. The van der Waals surface area contributed by atoms with Crippen LogP contribution >= 0.6 is 0 Å².